The molecule has 1 aliphatic carbocycles. The first kappa shape index (κ1) is 29.8. The number of hydrogen-bond acceptors (Lipinski definition) is 6. The predicted octanol–water partition coefficient (Wildman–Crippen LogP) is 4.18. The number of amides is 2. The fraction of sp³-hybridized carbons (Fsp3) is 0.500. The quantitative estimate of drug-likeness (QED) is 0.537. The van der Waals surface area contributed by atoms with Gasteiger partial charge in [-0.15, -0.1) is 12.4 Å². The van der Waals surface area contributed by atoms with E-state index in [4.69, 9.17) is 20.3 Å². The highest BCUT2D eigenvalue weighted by Gasteiger charge is 2.44. The van der Waals surface area contributed by atoms with Crippen LogP contribution in [0.4, 0.5) is 4.39 Å². The number of likely N-dealkylation sites (tertiary alicyclic amines) is 1. The van der Waals surface area contributed by atoms with Gasteiger partial charge in [-0.2, -0.15) is 5.10 Å². The molecular weight excluding hydrogens is 535 g/mol. The van der Waals surface area contributed by atoms with Gasteiger partial charge in [-0.3, -0.25) is 9.59 Å². The number of nitrogens with zero attached hydrogens (tertiary/aromatic N) is 3. The largest absolute Gasteiger partial charge is 0.493 e. The number of methoxy groups -OCH3 is 2. The molecule has 2 aromatic rings. The number of hydrogen-bond donors (Lipinski definition) is 1. The summed E-state index contributed by atoms with van der Waals surface area (Å²) < 4.78 is 24.2. The number of nitrogens with two attached hydrogens (primary N) is 1. The summed E-state index contributed by atoms with van der Waals surface area (Å²) in [4.78, 5) is 28.5. The van der Waals surface area contributed by atoms with Gasteiger partial charge >= 0.3 is 0 Å². The van der Waals surface area contributed by atoms with Crippen LogP contribution >= 0.6 is 12.4 Å². The average Bonchev–Trinajstić information content (AvgIpc) is 2.98. The van der Waals surface area contributed by atoms with E-state index in [2.05, 4.69) is 0 Å². The van der Waals surface area contributed by atoms with Crippen LogP contribution in [0.5, 0.6) is 11.5 Å². The lowest BCUT2D eigenvalue weighted by Gasteiger charge is -2.43. The second-order valence-corrected chi connectivity index (χ2v) is 10.7. The van der Waals surface area contributed by atoms with E-state index in [1.54, 1.807) is 36.3 Å². The Bertz CT molecular complexity index is 1230. The summed E-state index contributed by atoms with van der Waals surface area (Å²) in [6.45, 7) is 1.03. The number of carbonyl (C=O) groups is 2. The fourth-order valence-corrected chi connectivity index (χ4v) is 6.22. The van der Waals surface area contributed by atoms with E-state index in [-0.39, 0.29) is 47.9 Å². The smallest absolute Gasteiger partial charge is 0.246 e. The van der Waals surface area contributed by atoms with Crippen molar-refractivity contribution in [2.45, 2.75) is 57.0 Å². The molecule has 1 saturated carbocycles. The van der Waals surface area contributed by atoms with Crippen molar-refractivity contribution in [2.75, 3.05) is 27.3 Å². The third kappa shape index (κ3) is 6.10. The molecule has 0 radical (unpaired) electrons. The van der Waals surface area contributed by atoms with Crippen molar-refractivity contribution in [3.8, 4) is 11.5 Å². The average molecular weight is 573 g/mol. The minimum atomic E-state index is -0.693. The second-order valence-electron chi connectivity index (χ2n) is 10.7. The highest BCUT2D eigenvalue weighted by Crippen LogP contribution is 2.40. The van der Waals surface area contributed by atoms with Crippen molar-refractivity contribution in [3.05, 3.63) is 59.4 Å². The van der Waals surface area contributed by atoms with Gasteiger partial charge in [0.25, 0.3) is 0 Å². The van der Waals surface area contributed by atoms with Crippen LogP contribution in [0.3, 0.4) is 0 Å². The highest BCUT2D eigenvalue weighted by atomic mass is 35.5. The minimum absolute atomic E-state index is 0. The zero-order valence-corrected chi connectivity index (χ0v) is 23.9. The summed E-state index contributed by atoms with van der Waals surface area (Å²) in [6.07, 6.45) is 5.56. The van der Waals surface area contributed by atoms with E-state index < -0.39 is 6.04 Å². The first-order valence-corrected chi connectivity index (χ1v) is 13.8. The molecule has 5 rings (SSSR count). The molecular formula is C30H38ClFN4O4. The number of hydrazone groups is 1. The molecule has 1 saturated heterocycles. The molecule has 3 atom stereocenters. The van der Waals surface area contributed by atoms with E-state index in [9.17, 15) is 14.0 Å². The molecule has 2 fully saturated rings. The molecule has 0 bridgehead atoms. The monoisotopic (exact) mass is 572 g/mol. The van der Waals surface area contributed by atoms with Crippen molar-refractivity contribution in [3.63, 3.8) is 0 Å². The Morgan fingerprint density at radius 1 is 1.00 bits per heavy atom. The molecule has 10 heteroatoms. The van der Waals surface area contributed by atoms with E-state index in [0.29, 0.717) is 43.9 Å². The number of piperidine rings is 1. The van der Waals surface area contributed by atoms with Gasteiger partial charge in [0.1, 0.15) is 5.82 Å². The fourth-order valence-electron chi connectivity index (χ4n) is 6.22. The number of rotatable bonds is 7. The zero-order chi connectivity index (χ0) is 27.5. The number of ether oxygens (including phenoxy) is 2. The van der Waals surface area contributed by atoms with Crippen LogP contribution < -0.4 is 15.2 Å². The maximum Gasteiger partial charge on any atom is 0.246 e. The number of benzene rings is 2. The predicted molar refractivity (Wildman–Crippen MR) is 153 cm³/mol. The van der Waals surface area contributed by atoms with Gasteiger partial charge in [0, 0.05) is 30.5 Å². The third-order valence-corrected chi connectivity index (χ3v) is 8.36. The van der Waals surface area contributed by atoms with Crippen LogP contribution in [0.2, 0.25) is 0 Å². The Morgan fingerprint density at radius 3 is 2.30 bits per heavy atom. The maximum absolute atomic E-state index is 13.7. The van der Waals surface area contributed by atoms with Crippen LogP contribution in [-0.4, -0.2) is 66.8 Å². The lowest BCUT2D eigenvalue weighted by molar-refractivity contribution is -0.143. The normalized spacial score (nSPS) is 22.1. The molecule has 8 nitrogen and oxygen atoms in total. The molecule has 2 aromatic carbocycles. The van der Waals surface area contributed by atoms with Crippen LogP contribution in [0, 0.1) is 17.7 Å². The number of halogens is 2. The van der Waals surface area contributed by atoms with Crippen molar-refractivity contribution in [1.29, 1.82) is 0 Å². The van der Waals surface area contributed by atoms with Crippen molar-refractivity contribution in [2.24, 2.45) is 22.7 Å². The Labute approximate surface area is 241 Å². The number of carbonyl (C=O) groups excluding carboxylic acids is 2. The molecule has 2 aliphatic heterocycles. The number of fused-ring (bicyclic) bond motifs is 1. The molecule has 2 heterocycles. The van der Waals surface area contributed by atoms with Crippen molar-refractivity contribution in [1.82, 2.24) is 9.91 Å². The summed E-state index contributed by atoms with van der Waals surface area (Å²) in [7, 11) is 3.23. The standard InChI is InChI=1S/C30H37FN4O4.ClH/c1-38-26-12-9-20(18-27(26)39-2)28-23-5-3-4-6-24(23)29(36)35(33-28)22-13-15-34(16-14-22)30(37)25(32)17-19-7-10-21(31)11-8-19;/h7-12,18,22-25H,3-6,13-17,32H2,1-2H3;1H/t23-,24+,25+;/m0./s1. The Hall–Kier alpha value is -3.17. The van der Waals surface area contributed by atoms with E-state index in [0.717, 1.165) is 42.5 Å². The van der Waals surface area contributed by atoms with Crippen molar-refractivity contribution >= 4 is 29.9 Å². The summed E-state index contributed by atoms with van der Waals surface area (Å²) in [5, 5.41) is 6.69. The van der Waals surface area contributed by atoms with Gasteiger partial charge in [-0.25, -0.2) is 9.40 Å². The highest BCUT2D eigenvalue weighted by molar-refractivity contribution is 6.07. The first-order valence-electron chi connectivity index (χ1n) is 13.8. The Kier molecular flexibility index (Phi) is 9.68. The lowest BCUT2D eigenvalue weighted by atomic mass is 9.73. The molecule has 40 heavy (non-hydrogen) atoms. The summed E-state index contributed by atoms with van der Waals surface area (Å²) >= 11 is 0. The topological polar surface area (TPSA) is 97.5 Å². The minimum Gasteiger partial charge on any atom is -0.493 e. The molecule has 0 unspecified atom stereocenters. The van der Waals surface area contributed by atoms with E-state index >= 15 is 0 Å². The van der Waals surface area contributed by atoms with Gasteiger partial charge in [-0.1, -0.05) is 25.0 Å². The van der Waals surface area contributed by atoms with Crippen LogP contribution in [0.1, 0.15) is 49.7 Å². The summed E-state index contributed by atoms with van der Waals surface area (Å²) in [6, 6.07) is 11.1. The van der Waals surface area contributed by atoms with Gasteiger partial charge in [0.2, 0.25) is 11.8 Å². The molecule has 2 amide bonds. The Balaban J connectivity index is 0.00000370. The van der Waals surface area contributed by atoms with Gasteiger partial charge in [0.05, 0.1) is 32.0 Å². The second kappa shape index (κ2) is 13.0. The van der Waals surface area contributed by atoms with Crippen LogP contribution in [0.25, 0.3) is 0 Å². The molecule has 0 aromatic heterocycles. The molecule has 216 valence electrons. The van der Waals surface area contributed by atoms with Gasteiger partial charge < -0.3 is 20.1 Å². The van der Waals surface area contributed by atoms with E-state index in [1.807, 2.05) is 18.2 Å². The van der Waals surface area contributed by atoms with Crippen LogP contribution in [0.15, 0.2) is 47.6 Å². The zero-order valence-electron chi connectivity index (χ0n) is 23.1. The maximum atomic E-state index is 13.7. The summed E-state index contributed by atoms with van der Waals surface area (Å²) in [5.74, 6) is 0.962. The molecule has 2 N–H and O–H groups in total. The third-order valence-electron chi connectivity index (χ3n) is 8.36. The lowest BCUT2D eigenvalue weighted by Crippen LogP contribution is -2.54. The molecule has 3 aliphatic rings. The van der Waals surface area contributed by atoms with Crippen molar-refractivity contribution < 1.29 is 23.5 Å². The first-order chi connectivity index (χ1) is 18.9. The van der Waals surface area contributed by atoms with E-state index in [1.165, 1.54) is 12.1 Å². The van der Waals surface area contributed by atoms with Crippen LogP contribution in [-0.2, 0) is 16.0 Å². The summed E-state index contributed by atoms with van der Waals surface area (Å²) in [5.41, 5.74) is 8.93. The SMILES string of the molecule is COc1ccc(C2=NN(C3CCN(C(=O)[C@H](N)Cc4ccc(F)cc4)CC3)C(=O)[C@@H]3CCCC[C@H]23)cc1OC.Cl. The van der Waals surface area contributed by atoms with Gasteiger partial charge in [0.15, 0.2) is 11.5 Å². The van der Waals surface area contributed by atoms with Gasteiger partial charge in [-0.05, 0) is 68.0 Å². The molecule has 0 spiro atoms. The Morgan fingerprint density at radius 2 is 1.65 bits per heavy atom.